The van der Waals surface area contributed by atoms with Crippen molar-refractivity contribution in [1.82, 2.24) is 25.1 Å². The van der Waals surface area contributed by atoms with Crippen LogP contribution < -0.4 is 16.2 Å². The van der Waals surface area contributed by atoms with Crippen LogP contribution in [0.25, 0.3) is 5.95 Å². The van der Waals surface area contributed by atoms with Gasteiger partial charge in [-0.15, -0.1) is 6.58 Å². The number of H-pyrrole nitrogens is 1. The van der Waals surface area contributed by atoms with Crippen molar-refractivity contribution in [3.05, 3.63) is 46.5 Å². The molecule has 2 aromatic rings. The number of amides is 2. The lowest BCUT2D eigenvalue weighted by molar-refractivity contribution is -0.136. The molecule has 0 saturated heterocycles. The molecule has 2 amide bonds. The fourth-order valence-electron chi connectivity index (χ4n) is 2.15. The van der Waals surface area contributed by atoms with E-state index in [1.54, 1.807) is 13.0 Å². The maximum atomic E-state index is 12.0. The summed E-state index contributed by atoms with van der Waals surface area (Å²) in [5, 5.41) is 9.06. The molecule has 25 heavy (non-hydrogen) atoms. The Kier molecular flexibility index (Phi) is 5.83. The van der Waals surface area contributed by atoms with Crippen molar-refractivity contribution in [2.75, 3.05) is 11.9 Å². The number of nitrogens with one attached hydrogen (secondary N) is 3. The summed E-state index contributed by atoms with van der Waals surface area (Å²) in [6.45, 7) is 7.34. The molecule has 0 aliphatic heterocycles. The minimum atomic E-state index is -0.852. The van der Waals surface area contributed by atoms with Gasteiger partial charge in [0, 0.05) is 24.4 Å². The van der Waals surface area contributed by atoms with E-state index in [1.165, 1.54) is 16.8 Å². The molecule has 0 spiro atoms. The maximum absolute atomic E-state index is 12.0. The Morgan fingerprint density at radius 1 is 1.36 bits per heavy atom. The Balaban J connectivity index is 2.32. The van der Waals surface area contributed by atoms with Gasteiger partial charge in [0.2, 0.25) is 5.95 Å². The molecule has 9 heteroatoms. The first kappa shape index (κ1) is 18.1. The summed E-state index contributed by atoms with van der Waals surface area (Å²) in [4.78, 5) is 42.4. The van der Waals surface area contributed by atoms with Crippen molar-refractivity contribution in [3.8, 4) is 5.95 Å². The van der Waals surface area contributed by atoms with Gasteiger partial charge in [-0.05, 0) is 13.3 Å². The van der Waals surface area contributed by atoms with Crippen LogP contribution in [0.1, 0.15) is 24.7 Å². The molecular weight excluding hydrogens is 324 g/mol. The fourth-order valence-corrected chi connectivity index (χ4v) is 2.15. The van der Waals surface area contributed by atoms with E-state index in [-0.39, 0.29) is 23.9 Å². The lowest BCUT2D eigenvalue weighted by atomic mass is 10.2. The lowest BCUT2D eigenvalue weighted by Crippen LogP contribution is -2.36. The van der Waals surface area contributed by atoms with Gasteiger partial charge in [0.25, 0.3) is 5.56 Å². The van der Waals surface area contributed by atoms with E-state index in [0.717, 1.165) is 6.42 Å². The standard InChI is InChI=1S/C16H20N6O3/c1-4-6-11-9-13(23)20-16(18-11)22-12(8-10(3)21-22)19-15(25)14(24)17-7-5-2/h5,8-9H,2,4,6-7H2,1,3H3,(H,17,24)(H,19,25)(H,18,20,23). The summed E-state index contributed by atoms with van der Waals surface area (Å²) in [6.07, 6.45) is 2.94. The first-order valence-electron chi connectivity index (χ1n) is 7.82. The highest BCUT2D eigenvalue weighted by Crippen LogP contribution is 2.14. The molecule has 0 bridgehead atoms. The number of aromatic nitrogens is 4. The third-order valence-electron chi connectivity index (χ3n) is 3.18. The van der Waals surface area contributed by atoms with Gasteiger partial charge in [-0.3, -0.25) is 19.4 Å². The normalized spacial score (nSPS) is 10.3. The number of rotatable bonds is 6. The highest BCUT2D eigenvalue weighted by molar-refractivity contribution is 6.39. The van der Waals surface area contributed by atoms with Gasteiger partial charge in [-0.1, -0.05) is 19.4 Å². The molecule has 2 aromatic heterocycles. The molecule has 9 nitrogen and oxygen atoms in total. The van der Waals surface area contributed by atoms with Crippen molar-refractivity contribution in [2.24, 2.45) is 0 Å². The summed E-state index contributed by atoms with van der Waals surface area (Å²) in [5.74, 6) is -1.25. The Hall–Kier alpha value is -3.23. The zero-order valence-corrected chi connectivity index (χ0v) is 14.1. The zero-order valence-electron chi connectivity index (χ0n) is 14.1. The summed E-state index contributed by atoms with van der Waals surface area (Å²) in [7, 11) is 0. The van der Waals surface area contributed by atoms with Gasteiger partial charge < -0.3 is 10.6 Å². The molecule has 132 valence electrons. The SMILES string of the molecule is C=CCNC(=O)C(=O)Nc1cc(C)nn1-c1nc(CCC)cc(=O)[nH]1. The van der Waals surface area contributed by atoms with Crippen molar-refractivity contribution in [1.29, 1.82) is 0 Å². The predicted octanol–water partition coefficient (Wildman–Crippen LogP) is 0.457. The largest absolute Gasteiger partial charge is 0.344 e. The highest BCUT2D eigenvalue weighted by atomic mass is 16.2. The van der Waals surface area contributed by atoms with Crippen molar-refractivity contribution < 1.29 is 9.59 Å². The summed E-state index contributed by atoms with van der Waals surface area (Å²) in [6, 6.07) is 3.00. The first-order valence-corrected chi connectivity index (χ1v) is 7.82. The molecule has 2 rings (SSSR count). The maximum Gasteiger partial charge on any atom is 0.314 e. The summed E-state index contributed by atoms with van der Waals surface area (Å²) < 4.78 is 1.29. The molecule has 0 radical (unpaired) electrons. The minimum Gasteiger partial charge on any atom is -0.344 e. The van der Waals surface area contributed by atoms with Gasteiger partial charge in [0.05, 0.1) is 5.69 Å². The van der Waals surface area contributed by atoms with Crippen molar-refractivity contribution in [3.63, 3.8) is 0 Å². The van der Waals surface area contributed by atoms with Crippen LogP contribution >= 0.6 is 0 Å². The molecule has 0 aliphatic rings. The Bertz CT molecular complexity index is 852. The number of carbonyl (C=O) groups is 2. The average Bonchev–Trinajstić information content (AvgIpc) is 2.92. The molecule has 0 fully saturated rings. The summed E-state index contributed by atoms with van der Waals surface area (Å²) in [5.41, 5.74) is 0.892. The molecule has 0 unspecified atom stereocenters. The van der Waals surface area contributed by atoms with E-state index in [2.05, 4.69) is 32.3 Å². The predicted molar refractivity (Wildman–Crippen MR) is 92.5 cm³/mol. The van der Waals surface area contributed by atoms with E-state index in [1.807, 2.05) is 6.92 Å². The molecular formula is C16H20N6O3. The van der Waals surface area contributed by atoms with E-state index < -0.39 is 11.8 Å². The van der Waals surface area contributed by atoms with Crippen LogP contribution in [-0.2, 0) is 16.0 Å². The third kappa shape index (κ3) is 4.63. The van der Waals surface area contributed by atoms with Crippen LogP contribution in [0.2, 0.25) is 0 Å². The van der Waals surface area contributed by atoms with Crippen LogP contribution in [0.15, 0.2) is 29.6 Å². The minimum absolute atomic E-state index is 0.172. The average molecular weight is 344 g/mol. The first-order chi connectivity index (χ1) is 11.9. The zero-order chi connectivity index (χ0) is 18.4. The van der Waals surface area contributed by atoms with E-state index in [9.17, 15) is 14.4 Å². The Morgan fingerprint density at radius 2 is 2.12 bits per heavy atom. The highest BCUT2D eigenvalue weighted by Gasteiger charge is 2.17. The Labute approximate surface area is 144 Å². The Morgan fingerprint density at radius 3 is 2.80 bits per heavy atom. The number of aromatic amines is 1. The molecule has 0 atom stereocenters. The summed E-state index contributed by atoms with van der Waals surface area (Å²) >= 11 is 0. The van der Waals surface area contributed by atoms with Gasteiger partial charge in [-0.2, -0.15) is 9.78 Å². The molecule has 0 saturated carbocycles. The fraction of sp³-hybridized carbons (Fsp3) is 0.312. The van der Waals surface area contributed by atoms with E-state index in [0.29, 0.717) is 17.8 Å². The van der Waals surface area contributed by atoms with Crippen molar-refractivity contribution >= 4 is 17.6 Å². The number of carbonyl (C=O) groups excluding carboxylic acids is 2. The van der Waals surface area contributed by atoms with Crippen molar-refractivity contribution in [2.45, 2.75) is 26.7 Å². The molecule has 2 heterocycles. The number of hydrogen-bond acceptors (Lipinski definition) is 5. The molecule has 3 N–H and O–H groups in total. The van der Waals surface area contributed by atoms with Crippen LogP contribution in [0.3, 0.4) is 0 Å². The topological polar surface area (TPSA) is 122 Å². The second-order valence-electron chi connectivity index (χ2n) is 5.35. The van der Waals surface area contributed by atoms with Gasteiger partial charge in [0.15, 0.2) is 0 Å². The second-order valence-corrected chi connectivity index (χ2v) is 5.35. The van der Waals surface area contributed by atoms with Crippen LogP contribution in [0.5, 0.6) is 0 Å². The second kappa shape index (κ2) is 8.04. The van der Waals surface area contributed by atoms with Crippen LogP contribution in [0.4, 0.5) is 5.82 Å². The van der Waals surface area contributed by atoms with Crippen LogP contribution in [-0.4, -0.2) is 38.1 Å². The lowest BCUT2D eigenvalue weighted by Gasteiger charge is -2.08. The monoisotopic (exact) mass is 344 g/mol. The third-order valence-corrected chi connectivity index (χ3v) is 3.18. The van der Waals surface area contributed by atoms with Gasteiger partial charge in [-0.25, -0.2) is 4.98 Å². The smallest absolute Gasteiger partial charge is 0.314 e. The van der Waals surface area contributed by atoms with Gasteiger partial charge >= 0.3 is 11.8 Å². The number of anilines is 1. The van der Waals surface area contributed by atoms with Crippen LogP contribution in [0, 0.1) is 6.92 Å². The number of aryl methyl sites for hydroxylation is 2. The quantitative estimate of drug-likeness (QED) is 0.519. The van der Waals surface area contributed by atoms with Gasteiger partial charge in [0.1, 0.15) is 5.82 Å². The number of nitrogens with zero attached hydrogens (tertiary/aromatic N) is 3. The number of hydrogen-bond donors (Lipinski definition) is 3. The molecule has 0 aromatic carbocycles. The molecule has 0 aliphatic carbocycles. The van der Waals surface area contributed by atoms with E-state index >= 15 is 0 Å². The van der Waals surface area contributed by atoms with E-state index in [4.69, 9.17) is 0 Å².